The Morgan fingerprint density at radius 2 is 2.38 bits per heavy atom. The highest BCUT2D eigenvalue weighted by atomic mass is 32.2. The normalized spacial score (nSPS) is 10.2. The van der Waals surface area contributed by atoms with Crippen molar-refractivity contribution in [2.45, 2.75) is 10.9 Å². The van der Waals surface area contributed by atoms with E-state index < -0.39 is 0 Å². The van der Waals surface area contributed by atoms with Gasteiger partial charge in [0, 0.05) is 23.7 Å². The molecule has 0 saturated heterocycles. The molecular weight excluding hydrogens is 220 g/mol. The number of nitrogen functional groups attached to an aromatic ring is 1. The number of hydrogen-bond donors (Lipinski definition) is 3. The van der Waals surface area contributed by atoms with Crippen LogP contribution < -0.4 is 5.73 Å². The number of nitrogens with two attached hydrogens (primary N) is 1. The van der Waals surface area contributed by atoms with E-state index in [1.165, 1.54) is 0 Å². The molecule has 82 valence electrons. The molecule has 0 aliphatic carbocycles. The Kier molecular flexibility index (Phi) is 3.26. The average molecular weight is 232 g/mol. The fraction of sp³-hybridized carbons (Fsp3) is 0.0909. The zero-order chi connectivity index (χ0) is 11.4. The lowest BCUT2D eigenvalue weighted by Crippen LogP contribution is -2.10. The molecule has 2 rings (SSSR count). The van der Waals surface area contributed by atoms with Gasteiger partial charge in [0.05, 0.1) is 0 Å². The molecule has 0 atom stereocenters. The predicted octanol–water partition coefficient (Wildman–Crippen LogP) is 1.99. The maximum Gasteiger partial charge on any atom is 0.165 e. The molecule has 1 heterocycles. The molecule has 1 aromatic heterocycles. The molecule has 5 heteroatoms. The van der Waals surface area contributed by atoms with Crippen molar-refractivity contribution in [3.05, 3.63) is 47.8 Å². The Hall–Kier alpha value is -1.75. The van der Waals surface area contributed by atoms with E-state index in [1.54, 1.807) is 24.2 Å². The molecular formula is C11H12N4S. The smallest absolute Gasteiger partial charge is 0.165 e. The van der Waals surface area contributed by atoms with Gasteiger partial charge in [-0.1, -0.05) is 30.0 Å². The van der Waals surface area contributed by atoms with E-state index in [0.717, 1.165) is 22.0 Å². The summed E-state index contributed by atoms with van der Waals surface area (Å²) in [6, 6.07) is 7.69. The molecule has 0 saturated carbocycles. The molecule has 0 bridgehead atoms. The molecule has 4 N–H and O–H groups in total. The minimum Gasteiger partial charge on any atom is -0.384 e. The Balaban J connectivity index is 2.04. The molecule has 0 fully saturated rings. The van der Waals surface area contributed by atoms with Crippen LogP contribution in [0, 0.1) is 5.41 Å². The van der Waals surface area contributed by atoms with Gasteiger partial charge in [-0.2, -0.15) is 0 Å². The SMILES string of the molecule is N=C(N)c1cccc(CSc2ncc[nH]2)c1. The summed E-state index contributed by atoms with van der Waals surface area (Å²) in [6.07, 6.45) is 3.53. The predicted molar refractivity (Wildman–Crippen MR) is 65.6 cm³/mol. The topological polar surface area (TPSA) is 78.6 Å². The zero-order valence-corrected chi connectivity index (χ0v) is 9.42. The first-order valence-corrected chi connectivity index (χ1v) is 5.80. The van der Waals surface area contributed by atoms with Gasteiger partial charge in [0.15, 0.2) is 5.16 Å². The summed E-state index contributed by atoms with van der Waals surface area (Å²) in [5, 5.41) is 8.25. The Morgan fingerprint density at radius 3 is 3.06 bits per heavy atom. The van der Waals surface area contributed by atoms with Gasteiger partial charge in [0.25, 0.3) is 0 Å². The summed E-state index contributed by atoms with van der Waals surface area (Å²) in [7, 11) is 0. The average Bonchev–Trinajstić information content (AvgIpc) is 2.79. The lowest BCUT2D eigenvalue weighted by atomic mass is 10.1. The molecule has 16 heavy (non-hydrogen) atoms. The highest BCUT2D eigenvalue weighted by Gasteiger charge is 2.00. The lowest BCUT2D eigenvalue weighted by Gasteiger charge is -2.02. The molecule has 0 aliphatic rings. The van der Waals surface area contributed by atoms with E-state index in [0.29, 0.717) is 0 Å². The van der Waals surface area contributed by atoms with Crippen molar-refractivity contribution in [2.75, 3.05) is 0 Å². The first kappa shape index (κ1) is 10.8. The largest absolute Gasteiger partial charge is 0.384 e. The van der Waals surface area contributed by atoms with Crippen LogP contribution in [-0.2, 0) is 5.75 Å². The molecule has 0 radical (unpaired) electrons. The van der Waals surface area contributed by atoms with E-state index >= 15 is 0 Å². The summed E-state index contributed by atoms with van der Waals surface area (Å²) in [5.74, 6) is 0.916. The summed E-state index contributed by atoms with van der Waals surface area (Å²) >= 11 is 1.62. The number of nitrogens with one attached hydrogen (secondary N) is 2. The van der Waals surface area contributed by atoms with Crippen LogP contribution in [0.5, 0.6) is 0 Å². The van der Waals surface area contributed by atoms with E-state index in [9.17, 15) is 0 Å². The van der Waals surface area contributed by atoms with Crippen molar-refractivity contribution >= 4 is 17.6 Å². The van der Waals surface area contributed by atoms with Crippen LogP contribution in [0.25, 0.3) is 0 Å². The first-order chi connectivity index (χ1) is 7.75. The van der Waals surface area contributed by atoms with E-state index in [4.69, 9.17) is 11.1 Å². The van der Waals surface area contributed by atoms with Crippen LogP contribution >= 0.6 is 11.8 Å². The summed E-state index contributed by atoms with van der Waals surface area (Å²) in [4.78, 5) is 7.16. The Bertz CT molecular complexity index is 478. The van der Waals surface area contributed by atoms with Gasteiger partial charge in [0.2, 0.25) is 0 Å². The summed E-state index contributed by atoms with van der Waals surface area (Å²) in [6.45, 7) is 0. The highest BCUT2D eigenvalue weighted by Crippen LogP contribution is 2.19. The standard InChI is InChI=1S/C11H12N4S/c12-10(13)9-3-1-2-8(6-9)7-16-11-14-4-5-15-11/h1-6H,7H2,(H3,12,13)(H,14,15). The highest BCUT2D eigenvalue weighted by molar-refractivity contribution is 7.98. The quantitative estimate of drug-likeness (QED) is 0.428. The molecule has 0 amide bonds. The van der Waals surface area contributed by atoms with E-state index in [-0.39, 0.29) is 5.84 Å². The van der Waals surface area contributed by atoms with Gasteiger partial charge in [-0.25, -0.2) is 4.98 Å². The Labute approximate surface area is 97.8 Å². The van der Waals surface area contributed by atoms with Gasteiger partial charge in [0.1, 0.15) is 5.84 Å². The van der Waals surface area contributed by atoms with Crippen LogP contribution in [0.3, 0.4) is 0 Å². The van der Waals surface area contributed by atoms with Crippen molar-refractivity contribution in [3.8, 4) is 0 Å². The van der Waals surface area contributed by atoms with E-state index in [2.05, 4.69) is 9.97 Å². The molecule has 1 aromatic carbocycles. The van der Waals surface area contributed by atoms with Gasteiger partial charge < -0.3 is 10.7 Å². The molecule has 0 aliphatic heterocycles. The number of aromatic nitrogens is 2. The number of thioether (sulfide) groups is 1. The van der Waals surface area contributed by atoms with Crippen LogP contribution in [0.4, 0.5) is 0 Å². The van der Waals surface area contributed by atoms with Gasteiger partial charge in [-0.3, -0.25) is 5.41 Å². The third-order valence-electron chi connectivity index (χ3n) is 2.09. The van der Waals surface area contributed by atoms with E-state index in [1.807, 2.05) is 24.3 Å². The number of hydrogen-bond acceptors (Lipinski definition) is 3. The van der Waals surface area contributed by atoms with Gasteiger partial charge in [-0.15, -0.1) is 0 Å². The fourth-order valence-electron chi connectivity index (χ4n) is 1.31. The van der Waals surface area contributed by atoms with Crippen molar-refractivity contribution in [1.29, 1.82) is 5.41 Å². The molecule has 0 unspecified atom stereocenters. The first-order valence-electron chi connectivity index (χ1n) is 4.81. The molecule has 2 aromatic rings. The van der Waals surface area contributed by atoms with Crippen LogP contribution in [-0.4, -0.2) is 15.8 Å². The number of nitrogens with zero attached hydrogens (tertiary/aromatic N) is 1. The molecule has 4 nitrogen and oxygen atoms in total. The Morgan fingerprint density at radius 1 is 1.50 bits per heavy atom. The number of imidazole rings is 1. The zero-order valence-electron chi connectivity index (χ0n) is 8.60. The van der Waals surface area contributed by atoms with Crippen LogP contribution in [0.1, 0.15) is 11.1 Å². The number of H-pyrrole nitrogens is 1. The maximum atomic E-state index is 7.36. The summed E-state index contributed by atoms with van der Waals surface area (Å²) < 4.78 is 0. The van der Waals surface area contributed by atoms with Crippen molar-refractivity contribution in [3.63, 3.8) is 0 Å². The lowest BCUT2D eigenvalue weighted by molar-refractivity contribution is 1.06. The molecule has 0 spiro atoms. The monoisotopic (exact) mass is 232 g/mol. The second-order valence-electron chi connectivity index (χ2n) is 3.30. The van der Waals surface area contributed by atoms with Crippen molar-refractivity contribution in [1.82, 2.24) is 9.97 Å². The van der Waals surface area contributed by atoms with Gasteiger partial charge >= 0.3 is 0 Å². The second-order valence-corrected chi connectivity index (χ2v) is 4.26. The summed E-state index contributed by atoms with van der Waals surface area (Å²) in [5.41, 5.74) is 7.33. The van der Waals surface area contributed by atoms with Crippen LogP contribution in [0.15, 0.2) is 41.8 Å². The number of benzene rings is 1. The van der Waals surface area contributed by atoms with Gasteiger partial charge in [-0.05, 0) is 11.6 Å². The van der Waals surface area contributed by atoms with Crippen molar-refractivity contribution < 1.29 is 0 Å². The number of rotatable bonds is 4. The number of aromatic amines is 1. The third kappa shape index (κ3) is 2.64. The fourth-order valence-corrected chi connectivity index (χ4v) is 2.08. The number of amidine groups is 1. The maximum absolute atomic E-state index is 7.36. The minimum absolute atomic E-state index is 0.102. The second kappa shape index (κ2) is 4.85. The third-order valence-corrected chi connectivity index (χ3v) is 3.06. The van der Waals surface area contributed by atoms with Crippen LogP contribution in [0.2, 0.25) is 0 Å². The minimum atomic E-state index is 0.102. The van der Waals surface area contributed by atoms with Crippen molar-refractivity contribution in [2.24, 2.45) is 5.73 Å².